The fourth-order valence-electron chi connectivity index (χ4n) is 0.911. The van der Waals surface area contributed by atoms with Crippen molar-refractivity contribution in [1.82, 2.24) is 10.6 Å². The molecule has 0 fully saturated rings. The third kappa shape index (κ3) is 3.89. The summed E-state index contributed by atoms with van der Waals surface area (Å²) in [5.41, 5.74) is 4.32. The Hall–Kier alpha value is -1.10. The Morgan fingerprint density at radius 2 is 1.92 bits per heavy atom. The number of rotatable bonds is 4. The lowest BCUT2D eigenvalue weighted by molar-refractivity contribution is -0.131. The highest BCUT2D eigenvalue weighted by Crippen LogP contribution is 2.01. The van der Waals surface area contributed by atoms with Gasteiger partial charge in [0, 0.05) is 20.0 Å². The number of amides is 2. The molecule has 0 atom stereocenters. The first kappa shape index (κ1) is 11.9. The van der Waals surface area contributed by atoms with Crippen LogP contribution >= 0.6 is 0 Å². The molecule has 0 aromatic heterocycles. The molecule has 0 aliphatic carbocycles. The number of hydrogen-bond donors (Lipinski definition) is 3. The summed E-state index contributed by atoms with van der Waals surface area (Å²) in [4.78, 5) is 22.3. The minimum absolute atomic E-state index is 0.212. The van der Waals surface area contributed by atoms with Gasteiger partial charge in [0.05, 0.1) is 0 Å². The Labute approximate surface area is 78.1 Å². The average Bonchev–Trinajstić information content (AvgIpc) is 2.02. The van der Waals surface area contributed by atoms with Crippen molar-refractivity contribution in [2.24, 2.45) is 5.73 Å². The molecule has 0 rings (SSSR count). The molecule has 0 aromatic carbocycles. The van der Waals surface area contributed by atoms with Gasteiger partial charge >= 0.3 is 0 Å². The van der Waals surface area contributed by atoms with Crippen LogP contribution in [0.15, 0.2) is 0 Å². The van der Waals surface area contributed by atoms with E-state index in [1.54, 1.807) is 13.8 Å². The SMILES string of the molecule is CNC(=O)C(C)(C)NC(=O)CCN. The molecule has 0 saturated carbocycles. The van der Waals surface area contributed by atoms with Gasteiger partial charge in [-0.25, -0.2) is 0 Å². The van der Waals surface area contributed by atoms with E-state index in [1.807, 2.05) is 0 Å². The van der Waals surface area contributed by atoms with Crippen LogP contribution in [0.4, 0.5) is 0 Å². The molecule has 4 N–H and O–H groups in total. The molecular weight excluding hydrogens is 170 g/mol. The van der Waals surface area contributed by atoms with Crippen molar-refractivity contribution in [3.63, 3.8) is 0 Å². The van der Waals surface area contributed by atoms with E-state index in [0.717, 1.165) is 0 Å². The number of likely N-dealkylation sites (N-methyl/N-ethyl adjacent to an activating group) is 1. The molecule has 0 aliphatic rings. The van der Waals surface area contributed by atoms with Gasteiger partial charge in [-0.1, -0.05) is 0 Å². The molecule has 0 saturated heterocycles. The van der Waals surface area contributed by atoms with Gasteiger partial charge in [-0.15, -0.1) is 0 Å². The largest absolute Gasteiger partial charge is 0.357 e. The highest BCUT2D eigenvalue weighted by Gasteiger charge is 2.27. The van der Waals surface area contributed by atoms with Gasteiger partial charge in [-0.05, 0) is 13.8 Å². The molecule has 0 heterocycles. The van der Waals surface area contributed by atoms with Gasteiger partial charge in [0.1, 0.15) is 5.54 Å². The fraction of sp³-hybridized carbons (Fsp3) is 0.750. The summed E-state index contributed by atoms with van der Waals surface area (Å²) in [6.45, 7) is 3.57. The summed E-state index contributed by atoms with van der Waals surface area (Å²) in [6, 6.07) is 0. The monoisotopic (exact) mass is 187 g/mol. The van der Waals surface area contributed by atoms with E-state index in [9.17, 15) is 9.59 Å². The Kier molecular flexibility index (Phi) is 4.40. The van der Waals surface area contributed by atoms with Crippen LogP contribution in [0.25, 0.3) is 0 Å². The van der Waals surface area contributed by atoms with E-state index in [0.29, 0.717) is 0 Å². The quantitative estimate of drug-likeness (QED) is 0.526. The lowest BCUT2D eigenvalue weighted by atomic mass is 10.0. The van der Waals surface area contributed by atoms with Crippen LogP contribution in [0.5, 0.6) is 0 Å². The Morgan fingerprint density at radius 1 is 1.38 bits per heavy atom. The first-order valence-corrected chi connectivity index (χ1v) is 4.17. The predicted molar refractivity (Wildman–Crippen MR) is 50.0 cm³/mol. The van der Waals surface area contributed by atoms with Gasteiger partial charge < -0.3 is 16.4 Å². The third-order valence-corrected chi connectivity index (χ3v) is 1.62. The topological polar surface area (TPSA) is 84.2 Å². The van der Waals surface area contributed by atoms with Gasteiger partial charge in [-0.3, -0.25) is 9.59 Å². The van der Waals surface area contributed by atoms with Crippen molar-refractivity contribution in [1.29, 1.82) is 0 Å². The molecule has 2 amide bonds. The number of carbonyl (C=O) groups excluding carboxylic acids is 2. The maximum absolute atomic E-state index is 11.2. The summed E-state index contributed by atoms with van der Waals surface area (Å²) in [5, 5.41) is 5.04. The van der Waals surface area contributed by atoms with Crippen molar-refractivity contribution in [2.45, 2.75) is 25.8 Å². The maximum atomic E-state index is 11.2. The summed E-state index contributed by atoms with van der Waals surface area (Å²) in [5.74, 6) is -0.436. The minimum atomic E-state index is -0.874. The van der Waals surface area contributed by atoms with Crippen molar-refractivity contribution in [3.05, 3.63) is 0 Å². The molecule has 5 heteroatoms. The third-order valence-electron chi connectivity index (χ3n) is 1.62. The van der Waals surface area contributed by atoms with E-state index < -0.39 is 5.54 Å². The van der Waals surface area contributed by atoms with E-state index in [-0.39, 0.29) is 24.8 Å². The molecule has 76 valence electrons. The van der Waals surface area contributed by atoms with Crippen LogP contribution in [0.1, 0.15) is 20.3 Å². The highest BCUT2D eigenvalue weighted by molar-refractivity contribution is 5.90. The van der Waals surface area contributed by atoms with Gasteiger partial charge in [0.25, 0.3) is 0 Å². The lowest BCUT2D eigenvalue weighted by Gasteiger charge is -2.23. The van der Waals surface area contributed by atoms with Gasteiger partial charge in [0.15, 0.2) is 0 Å². The lowest BCUT2D eigenvalue weighted by Crippen LogP contribution is -2.54. The van der Waals surface area contributed by atoms with E-state index in [4.69, 9.17) is 5.73 Å². The fourth-order valence-corrected chi connectivity index (χ4v) is 0.911. The predicted octanol–water partition coefficient (Wildman–Crippen LogP) is -1.02. The number of nitrogens with two attached hydrogens (primary N) is 1. The summed E-state index contributed by atoms with van der Waals surface area (Å²) in [6.07, 6.45) is 0.237. The van der Waals surface area contributed by atoms with Crippen LogP contribution in [0.3, 0.4) is 0 Å². The summed E-state index contributed by atoms with van der Waals surface area (Å²) >= 11 is 0. The average molecular weight is 187 g/mol. The van der Waals surface area contributed by atoms with Crippen LogP contribution in [0, 0.1) is 0 Å². The minimum Gasteiger partial charge on any atom is -0.357 e. The smallest absolute Gasteiger partial charge is 0.244 e. The molecule has 0 unspecified atom stereocenters. The molecule has 5 nitrogen and oxygen atoms in total. The Bertz CT molecular complexity index is 202. The molecule has 0 radical (unpaired) electrons. The first-order chi connectivity index (χ1) is 5.94. The molecule has 0 aliphatic heterocycles. The van der Waals surface area contributed by atoms with Crippen molar-refractivity contribution >= 4 is 11.8 Å². The second-order valence-electron chi connectivity index (χ2n) is 3.29. The number of carbonyl (C=O) groups is 2. The van der Waals surface area contributed by atoms with Gasteiger partial charge in [-0.2, -0.15) is 0 Å². The zero-order valence-electron chi connectivity index (χ0n) is 8.31. The zero-order chi connectivity index (χ0) is 10.5. The van der Waals surface area contributed by atoms with E-state index in [2.05, 4.69) is 10.6 Å². The Balaban J connectivity index is 4.16. The van der Waals surface area contributed by atoms with Crippen LogP contribution in [0.2, 0.25) is 0 Å². The van der Waals surface area contributed by atoms with Crippen LogP contribution in [-0.2, 0) is 9.59 Å². The van der Waals surface area contributed by atoms with Gasteiger partial charge in [0.2, 0.25) is 11.8 Å². The summed E-state index contributed by atoms with van der Waals surface area (Å²) < 4.78 is 0. The van der Waals surface area contributed by atoms with Crippen molar-refractivity contribution in [3.8, 4) is 0 Å². The molecular formula is C8H17N3O2. The van der Waals surface area contributed by atoms with E-state index in [1.165, 1.54) is 7.05 Å². The Morgan fingerprint density at radius 3 is 2.31 bits per heavy atom. The maximum Gasteiger partial charge on any atom is 0.244 e. The normalized spacial score (nSPS) is 10.8. The molecule has 0 spiro atoms. The molecule has 0 aromatic rings. The second kappa shape index (κ2) is 4.81. The van der Waals surface area contributed by atoms with Crippen LogP contribution < -0.4 is 16.4 Å². The zero-order valence-corrected chi connectivity index (χ0v) is 8.31. The number of nitrogens with one attached hydrogen (secondary N) is 2. The molecule has 13 heavy (non-hydrogen) atoms. The van der Waals surface area contributed by atoms with Crippen molar-refractivity contribution in [2.75, 3.05) is 13.6 Å². The summed E-state index contributed by atoms with van der Waals surface area (Å²) in [7, 11) is 1.53. The van der Waals surface area contributed by atoms with Crippen LogP contribution in [-0.4, -0.2) is 30.9 Å². The highest BCUT2D eigenvalue weighted by atomic mass is 16.2. The first-order valence-electron chi connectivity index (χ1n) is 4.17. The van der Waals surface area contributed by atoms with Crippen molar-refractivity contribution < 1.29 is 9.59 Å². The molecule has 0 bridgehead atoms. The number of hydrogen-bond acceptors (Lipinski definition) is 3. The second-order valence-corrected chi connectivity index (χ2v) is 3.29. The van der Waals surface area contributed by atoms with E-state index >= 15 is 0 Å². The standard InChI is InChI=1S/C8H17N3O2/c1-8(2,7(13)10-3)11-6(12)4-5-9/h4-5,9H2,1-3H3,(H,10,13)(H,11,12).